The number of carbonyl (C=O) groups excluding carboxylic acids is 2. The molecular weight excluding hydrogens is 452 g/mol. The first-order valence-electron chi connectivity index (χ1n) is 9.93. The molecule has 1 saturated heterocycles. The predicted octanol–water partition coefficient (Wildman–Crippen LogP) is 3.49. The largest absolute Gasteiger partial charge is 0.497 e. The average Bonchev–Trinajstić information content (AvgIpc) is 3.45. The summed E-state index contributed by atoms with van der Waals surface area (Å²) in [6.45, 7) is 0.237. The van der Waals surface area contributed by atoms with Crippen LogP contribution in [0.3, 0.4) is 0 Å². The number of sulfonamides is 1. The number of amides is 1. The molecule has 2 heterocycles. The van der Waals surface area contributed by atoms with Crippen molar-refractivity contribution >= 4 is 49.0 Å². The van der Waals surface area contributed by atoms with E-state index >= 15 is 0 Å². The fourth-order valence-corrected chi connectivity index (χ4v) is 6.52. The van der Waals surface area contributed by atoms with Gasteiger partial charge in [-0.15, -0.1) is 11.3 Å². The van der Waals surface area contributed by atoms with Crippen LogP contribution in [0.15, 0.2) is 53.4 Å². The second-order valence-corrected chi connectivity index (χ2v) is 10.2. The van der Waals surface area contributed by atoms with Crippen LogP contribution >= 0.6 is 11.3 Å². The molecule has 8 nitrogen and oxygen atoms in total. The summed E-state index contributed by atoms with van der Waals surface area (Å²) in [5, 5.41) is 3.51. The maximum Gasteiger partial charge on any atom is 0.350 e. The van der Waals surface area contributed by atoms with E-state index in [0.717, 1.165) is 4.70 Å². The van der Waals surface area contributed by atoms with Gasteiger partial charge in [-0.1, -0.05) is 18.2 Å². The Labute approximate surface area is 189 Å². The smallest absolute Gasteiger partial charge is 0.350 e. The number of methoxy groups -OCH3 is 2. The molecule has 0 unspecified atom stereocenters. The Balaban J connectivity index is 1.64. The molecule has 0 spiro atoms. The number of anilines is 1. The average molecular weight is 475 g/mol. The van der Waals surface area contributed by atoms with E-state index in [9.17, 15) is 18.0 Å². The topological polar surface area (TPSA) is 102 Å². The Morgan fingerprint density at radius 2 is 1.81 bits per heavy atom. The van der Waals surface area contributed by atoms with Gasteiger partial charge in [0.15, 0.2) is 0 Å². The Morgan fingerprint density at radius 3 is 2.50 bits per heavy atom. The zero-order valence-electron chi connectivity index (χ0n) is 17.5. The number of thiophene rings is 1. The number of ether oxygens (including phenoxy) is 2. The molecule has 2 aromatic carbocycles. The van der Waals surface area contributed by atoms with Crippen molar-refractivity contribution in [3.63, 3.8) is 0 Å². The summed E-state index contributed by atoms with van der Waals surface area (Å²) in [6, 6.07) is 12.5. The Kier molecular flexibility index (Phi) is 6.18. The molecule has 1 fully saturated rings. The van der Waals surface area contributed by atoms with Crippen LogP contribution in [0.1, 0.15) is 22.5 Å². The number of rotatable bonds is 6. The minimum atomic E-state index is -3.88. The SMILES string of the molecule is COC(=O)c1sc2ccccc2c1NC(=O)[C@H]1CCCN1S(=O)(=O)c1ccc(OC)cc1. The molecule has 0 bridgehead atoms. The third kappa shape index (κ3) is 3.96. The highest BCUT2D eigenvalue weighted by Crippen LogP contribution is 2.37. The van der Waals surface area contributed by atoms with E-state index in [2.05, 4.69) is 5.32 Å². The standard InChI is InChI=1S/C22H22N2O6S2/c1-29-14-9-11-15(12-10-14)32(27,28)24-13-5-7-17(24)21(25)23-19-16-6-3-4-8-18(16)31-20(19)22(26)30-2/h3-4,6,8-12,17H,5,7,13H2,1-2H3,(H,23,25)/t17-/m1/s1. The van der Waals surface area contributed by atoms with Crippen molar-refractivity contribution in [1.82, 2.24) is 4.31 Å². The number of hydrogen-bond acceptors (Lipinski definition) is 7. The molecule has 1 atom stereocenters. The molecule has 1 amide bonds. The van der Waals surface area contributed by atoms with Gasteiger partial charge in [-0.25, -0.2) is 13.2 Å². The molecule has 4 rings (SSSR count). The van der Waals surface area contributed by atoms with E-state index in [-0.39, 0.29) is 16.3 Å². The van der Waals surface area contributed by atoms with Crippen molar-refractivity contribution in [3.8, 4) is 5.75 Å². The van der Waals surface area contributed by atoms with Gasteiger partial charge in [-0.2, -0.15) is 4.31 Å². The number of nitrogens with one attached hydrogen (secondary N) is 1. The first-order valence-corrected chi connectivity index (χ1v) is 12.2. The van der Waals surface area contributed by atoms with Gasteiger partial charge in [-0.05, 0) is 43.2 Å². The van der Waals surface area contributed by atoms with Gasteiger partial charge in [0.1, 0.15) is 16.7 Å². The molecule has 0 aliphatic carbocycles. The molecule has 1 aromatic heterocycles. The molecule has 1 aliphatic rings. The lowest BCUT2D eigenvalue weighted by molar-refractivity contribution is -0.119. The summed E-state index contributed by atoms with van der Waals surface area (Å²) in [7, 11) is -1.11. The number of nitrogens with zero attached hydrogens (tertiary/aromatic N) is 1. The molecule has 1 N–H and O–H groups in total. The van der Waals surface area contributed by atoms with Gasteiger partial charge in [0, 0.05) is 16.6 Å². The van der Waals surface area contributed by atoms with Crippen LogP contribution in [0.25, 0.3) is 10.1 Å². The Bertz CT molecular complexity index is 1270. The number of benzene rings is 2. The molecule has 10 heteroatoms. The Morgan fingerprint density at radius 1 is 1.09 bits per heavy atom. The summed E-state index contributed by atoms with van der Waals surface area (Å²) in [4.78, 5) is 25.9. The first-order chi connectivity index (χ1) is 15.4. The van der Waals surface area contributed by atoms with Gasteiger partial charge >= 0.3 is 5.97 Å². The number of fused-ring (bicyclic) bond motifs is 1. The van der Waals surface area contributed by atoms with Crippen LogP contribution in [0.2, 0.25) is 0 Å². The van der Waals surface area contributed by atoms with E-state index in [1.54, 1.807) is 18.2 Å². The molecular formula is C22H22N2O6S2. The van der Waals surface area contributed by atoms with E-state index in [4.69, 9.17) is 9.47 Å². The van der Waals surface area contributed by atoms with Crippen molar-refractivity contribution in [2.75, 3.05) is 26.1 Å². The normalized spacial score (nSPS) is 16.8. The van der Waals surface area contributed by atoms with Crippen LogP contribution in [0.5, 0.6) is 5.75 Å². The maximum atomic E-state index is 13.2. The fourth-order valence-electron chi connectivity index (χ4n) is 3.79. The molecule has 0 radical (unpaired) electrons. The third-order valence-electron chi connectivity index (χ3n) is 5.39. The van der Waals surface area contributed by atoms with Crippen LogP contribution in [0, 0.1) is 0 Å². The van der Waals surface area contributed by atoms with Gasteiger partial charge in [0.2, 0.25) is 15.9 Å². The predicted molar refractivity (Wildman–Crippen MR) is 122 cm³/mol. The lowest BCUT2D eigenvalue weighted by Gasteiger charge is -2.23. The van der Waals surface area contributed by atoms with Crippen molar-refractivity contribution in [2.45, 2.75) is 23.8 Å². The summed E-state index contributed by atoms with van der Waals surface area (Å²) < 4.78 is 38.4. The second kappa shape index (κ2) is 8.89. The first kappa shape index (κ1) is 22.3. The number of esters is 1. The van der Waals surface area contributed by atoms with Crippen molar-refractivity contribution in [2.24, 2.45) is 0 Å². The summed E-state index contributed by atoms with van der Waals surface area (Å²) in [6.07, 6.45) is 0.943. The van der Waals surface area contributed by atoms with Crippen LogP contribution in [0.4, 0.5) is 5.69 Å². The third-order valence-corrected chi connectivity index (χ3v) is 8.46. The van der Waals surface area contributed by atoms with E-state index < -0.39 is 27.9 Å². The maximum absolute atomic E-state index is 13.2. The molecule has 168 valence electrons. The number of hydrogen-bond donors (Lipinski definition) is 1. The van der Waals surface area contributed by atoms with Crippen molar-refractivity contribution < 1.29 is 27.5 Å². The van der Waals surface area contributed by atoms with Crippen LogP contribution < -0.4 is 10.1 Å². The van der Waals surface area contributed by atoms with E-state index in [1.807, 2.05) is 18.2 Å². The lowest BCUT2D eigenvalue weighted by Crippen LogP contribution is -2.43. The minimum absolute atomic E-state index is 0.0919. The summed E-state index contributed by atoms with van der Waals surface area (Å²) in [5.41, 5.74) is 0.344. The van der Waals surface area contributed by atoms with E-state index in [1.165, 1.54) is 42.0 Å². The van der Waals surface area contributed by atoms with Crippen molar-refractivity contribution in [3.05, 3.63) is 53.4 Å². The molecule has 32 heavy (non-hydrogen) atoms. The fraction of sp³-hybridized carbons (Fsp3) is 0.273. The molecule has 3 aromatic rings. The zero-order chi connectivity index (χ0) is 22.9. The Hall–Kier alpha value is -2.95. The highest BCUT2D eigenvalue weighted by Gasteiger charge is 2.40. The lowest BCUT2D eigenvalue weighted by atomic mass is 10.2. The zero-order valence-corrected chi connectivity index (χ0v) is 19.2. The van der Waals surface area contributed by atoms with Gasteiger partial charge in [0.25, 0.3) is 0 Å². The quantitative estimate of drug-likeness (QED) is 0.549. The van der Waals surface area contributed by atoms with Crippen LogP contribution in [-0.2, 0) is 19.6 Å². The highest BCUT2D eigenvalue weighted by atomic mass is 32.2. The summed E-state index contributed by atoms with van der Waals surface area (Å²) in [5.74, 6) is -0.497. The second-order valence-electron chi connectivity index (χ2n) is 7.23. The monoisotopic (exact) mass is 474 g/mol. The molecule has 0 saturated carbocycles. The van der Waals surface area contributed by atoms with Crippen LogP contribution in [-0.4, -0.2) is 51.4 Å². The minimum Gasteiger partial charge on any atom is -0.497 e. The molecule has 1 aliphatic heterocycles. The van der Waals surface area contributed by atoms with Gasteiger partial charge in [0.05, 0.1) is 24.8 Å². The summed E-state index contributed by atoms with van der Waals surface area (Å²) >= 11 is 1.21. The van der Waals surface area contributed by atoms with Crippen molar-refractivity contribution in [1.29, 1.82) is 0 Å². The van der Waals surface area contributed by atoms with Gasteiger partial charge in [-0.3, -0.25) is 4.79 Å². The van der Waals surface area contributed by atoms with E-state index in [0.29, 0.717) is 29.7 Å². The highest BCUT2D eigenvalue weighted by molar-refractivity contribution is 7.89. The number of carbonyl (C=O) groups is 2. The van der Waals surface area contributed by atoms with Gasteiger partial charge < -0.3 is 14.8 Å².